The third-order valence-electron chi connectivity index (χ3n) is 2.41. The molecule has 0 aliphatic heterocycles. The smallest absolute Gasteiger partial charge is 0.312 e. The van der Waals surface area contributed by atoms with Crippen LogP contribution < -0.4 is 4.74 Å². The summed E-state index contributed by atoms with van der Waals surface area (Å²) in [7, 11) is 1.61. The van der Waals surface area contributed by atoms with E-state index in [9.17, 15) is 18.5 Å². The quantitative estimate of drug-likeness (QED) is 0.313. The van der Waals surface area contributed by atoms with Crippen molar-refractivity contribution < 1.29 is 18.1 Å². The molecule has 0 saturated carbocycles. The maximum atomic E-state index is 10.8. The molecule has 112 valence electrons. The third-order valence-corrected chi connectivity index (χ3v) is 3.88. The predicted octanol–water partition coefficient (Wildman–Crippen LogP) is 3.37. The lowest BCUT2D eigenvalue weighted by molar-refractivity contribution is -0.385. The lowest BCUT2D eigenvalue weighted by Gasteiger charge is -2.06. The van der Waals surface area contributed by atoms with Gasteiger partial charge in [0.05, 0.1) is 17.3 Å². The molecule has 0 amide bonds. The molecule has 0 aliphatic carbocycles. The Bertz CT molecular complexity index is 576. The molecule has 1 rings (SSSR count). The molecule has 0 N–H and O–H groups in total. The standard InChI is InChI=1S/C11H13Cl2NO5S/c12-9-4-5-11(10(8-9)14(15)16)19-6-2-1-3-7-20(13,17)18/h4-5,8H,1-3,6-7H2. The molecule has 0 aliphatic rings. The van der Waals surface area contributed by atoms with Crippen LogP contribution in [0.2, 0.25) is 5.02 Å². The summed E-state index contributed by atoms with van der Waals surface area (Å²) in [5, 5.41) is 11.1. The number of benzene rings is 1. The summed E-state index contributed by atoms with van der Waals surface area (Å²) in [4.78, 5) is 10.2. The molecule has 1 aromatic rings. The molecule has 20 heavy (non-hydrogen) atoms. The average molecular weight is 342 g/mol. The molecular formula is C11H13Cl2NO5S. The Morgan fingerprint density at radius 3 is 2.55 bits per heavy atom. The first-order chi connectivity index (χ1) is 9.29. The first-order valence-corrected chi connectivity index (χ1v) is 8.64. The summed E-state index contributed by atoms with van der Waals surface area (Å²) < 4.78 is 26.7. The van der Waals surface area contributed by atoms with Gasteiger partial charge in [-0.25, -0.2) is 8.42 Å². The largest absolute Gasteiger partial charge is 0.487 e. The van der Waals surface area contributed by atoms with Crippen molar-refractivity contribution in [3.63, 3.8) is 0 Å². The molecule has 0 aromatic heterocycles. The summed E-state index contributed by atoms with van der Waals surface area (Å²) in [6, 6.07) is 4.16. The number of rotatable bonds is 8. The fourth-order valence-corrected chi connectivity index (χ4v) is 2.53. The number of hydrogen-bond acceptors (Lipinski definition) is 5. The van der Waals surface area contributed by atoms with Gasteiger partial charge in [0.25, 0.3) is 0 Å². The first kappa shape index (κ1) is 17.0. The molecule has 0 atom stereocenters. The highest BCUT2D eigenvalue weighted by Crippen LogP contribution is 2.29. The van der Waals surface area contributed by atoms with Crippen LogP contribution in [0.3, 0.4) is 0 Å². The summed E-state index contributed by atoms with van der Waals surface area (Å²) in [6.07, 6.45) is 1.61. The van der Waals surface area contributed by atoms with Crippen LogP contribution in [0.5, 0.6) is 5.75 Å². The van der Waals surface area contributed by atoms with Crippen LogP contribution >= 0.6 is 22.3 Å². The zero-order chi connectivity index (χ0) is 15.2. The van der Waals surface area contributed by atoms with E-state index < -0.39 is 14.0 Å². The van der Waals surface area contributed by atoms with E-state index in [4.69, 9.17) is 27.0 Å². The minimum Gasteiger partial charge on any atom is -0.487 e. The molecule has 0 unspecified atom stereocenters. The van der Waals surface area contributed by atoms with Crippen molar-refractivity contribution in [2.75, 3.05) is 12.4 Å². The summed E-state index contributed by atoms with van der Waals surface area (Å²) in [5.41, 5.74) is -0.194. The highest BCUT2D eigenvalue weighted by Gasteiger charge is 2.15. The Balaban J connectivity index is 2.41. The van der Waals surface area contributed by atoms with Gasteiger partial charge in [0.1, 0.15) is 0 Å². The monoisotopic (exact) mass is 341 g/mol. The highest BCUT2D eigenvalue weighted by molar-refractivity contribution is 8.13. The number of nitro benzene ring substituents is 1. The van der Waals surface area contributed by atoms with E-state index in [0.29, 0.717) is 19.3 Å². The molecule has 0 fully saturated rings. The fraction of sp³-hybridized carbons (Fsp3) is 0.455. The van der Waals surface area contributed by atoms with Crippen LogP contribution in [-0.2, 0) is 9.05 Å². The Kier molecular flexibility index (Phi) is 6.51. The molecule has 0 heterocycles. The topological polar surface area (TPSA) is 86.5 Å². The Morgan fingerprint density at radius 2 is 1.95 bits per heavy atom. The van der Waals surface area contributed by atoms with Crippen molar-refractivity contribution >= 4 is 37.0 Å². The second-order valence-electron chi connectivity index (χ2n) is 4.02. The number of nitro groups is 1. The van der Waals surface area contributed by atoms with Gasteiger partial charge in [-0.3, -0.25) is 10.1 Å². The molecule has 0 spiro atoms. The number of hydrogen-bond donors (Lipinski definition) is 0. The van der Waals surface area contributed by atoms with Crippen LogP contribution in [0.25, 0.3) is 0 Å². The highest BCUT2D eigenvalue weighted by atomic mass is 35.7. The molecule has 0 radical (unpaired) electrons. The van der Waals surface area contributed by atoms with Gasteiger partial charge in [-0.1, -0.05) is 11.6 Å². The van der Waals surface area contributed by atoms with Gasteiger partial charge in [0.2, 0.25) is 9.05 Å². The Hall–Kier alpha value is -1.05. The number of unbranched alkanes of at least 4 members (excludes halogenated alkanes) is 2. The van der Waals surface area contributed by atoms with Crippen LogP contribution in [0, 0.1) is 10.1 Å². The SMILES string of the molecule is O=[N+]([O-])c1cc(Cl)ccc1OCCCCCS(=O)(=O)Cl. The van der Waals surface area contributed by atoms with Crippen molar-refractivity contribution in [2.45, 2.75) is 19.3 Å². The first-order valence-electron chi connectivity index (χ1n) is 5.78. The minimum absolute atomic E-state index is 0.0877. The maximum absolute atomic E-state index is 10.8. The van der Waals surface area contributed by atoms with E-state index in [1.165, 1.54) is 18.2 Å². The molecule has 0 saturated heterocycles. The second-order valence-corrected chi connectivity index (χ2v) is 7.35. The fourth-order valence-electron chi connectivity index (χ4n) is 1.49. The molecule has 1 aromatic carbocycles. The second kappa shape index (κ2) is 7.66. The number of halogens is 2. The van der Waals surface area contributed by atoms with E-state index in [-0.39, 0.29) is 28.8 Å². The van der Waals surface area contributed by atoms with Gasteiger partial charge in [-0.15, -0.1) is 0 Å². The van der Waals surface area contributed by atoms with Crippen LogP contribution in [0.4, 0.5) is 5.69 Å². The predicted molar refractivity (Wildman–Crippen MR) is 77.1 cm³/mol. The average Bonchev–Trinajstić information content (AvgIpc) is 2.33. The third kappa shape index (κ3) is 6.40. The number of ether oxygens (including phenoxy) is 1. The molecule has 0 bridgehead atoms. The van der Waals surface area contributed by atoms with Gasteiger partial charge < -0.3 is 4.74 Å². The van der Waals surface area contributed by atoms with E-state index in [1.807, 2.05) is 0 Å². The number of nitrogens with zero attached hydrogens (tertiary/aromatic N) is 1. The Labute approximate surface area is 126 Å². The van der Waals surface area contributed by atoms with Crippen molar-refractivity contribution in [1.29, 1.82) is 0 Å². The van der Waals surface area contributed by atoms with Crippen LogP contribution in [-0.4, -0.2) is 25.7 Å². The summed E-state index contributed by atoms with van der Waals surface area (Å²) >= 11 is 5.68. The van der Waals surface area contributed by atoms with E-state index in [2.05, 4.69) is 0 Å². The van der Waals surface area contributed by atoms with Crippen molar-refractivity contribution in [2.24, 2.45) is 0 Å². The lowest BCUT2D eigenvalue weighted by Crippen LogP contribution is -2.02. The maximum Gasteiger partial charge on any atom is 0.312 e. The lowest BCUT2D eigenvalue weighted by atomic mass is 10.2. The van der Waals surface area contributed by atoms with E-state index >= 15 is 0 Å². The van der Waals surface area contributed by atoms with Gasteiger partial charge in [-0.05, 0) is 31.4 Å². The van der Waals surface area contributed by atoms with Gasteiger partial charge >= 0.3 is 5.69 Å². The van der Waals surface area contributed by atoms with E-state index in [0.717, 1.165) is 0 Å². The van der Waals surface area contributed by atoms with Crippen molar-refractivity contribution in [3.05, 3.63) is 33.3 Å². The summed E-state index contributed by atoms with van der Waals surface area (Å²) in [6.45, 7) is 0.255. The van der Waals surface area contributed by atoms with E-state index in [1.54, 1.807) is 0 Å². The van der Waals surface area contributed by atoms with Crippen LogP contribution in [0.15, 0.2) is 18.2 Å². The molecule has 9 heteroatoms. The zero-order valence-electron chi connectivity index (χ0n) is 10.4. The normalized spacial score (nSPS) is 11.3. The molecule has 6 nitrogen and oxygen atoms in total. The van der Waals surface area contributed by atoms with Crippen LogP contribution in [0.1, 0.15) is 19.3 Å². The van der Waals surface area contributed by atoms with Gasteiger partial charge in [0.15, 0.2) is 5.75 Å². The zero-order valence-corrected chi connectivity index (χ0v) is 12.7. The Morgan fingerprint density at radius 1 is 1.25 bits per heavy atom. The minimum atomic E-state index is -3.46. The molecular weight excluding hydrogens is 329 g/mol. The van der Waals surface area contributed by atoms with Gasteiger partial charge in [0, 0.05) is 21.8 Å². The summed E-state index contributed by atoms with van der Waals surface area (Å²) in [5.74, 6) is 0.0553. The van der Waals surface area contributed by atoms with Gasteiger partial charge in [-0.2, -0.15) is 0 Å². The van der Waals surface area contributed by atoms with Crippen molar-refractivity contribution in [1.82, 2.24) is 0 Å². The van der Waals surface area contributed by atoms with Crippen molar-refractivity contribution in [3.8, 4) is 5.75 Å².